The van der Waals surface area contributed by atoms with E-state index in [0.29, 0.717) is 17.0 Å². The van der Waals surface area contributed by atoms with E-state index in [9.17, 15) is 9.18 Å². The SMILES string of the molecule is Cc1cc(Oc2ncccn2)ccc1NC(=O)C=Cc1cccc(F)c1. The largest absolute Gasteiger partial charge is 0.424 e. The number of benzene rings is 2. The van der Waals surface area contributed by atoms with Gasteiger partial charge in [0, 0.05) is 24.2 Å². The predicted molar refractivity (Wildman–Crippen MR) is 97.3 cm³/mol. The number of hydrogen-bond acceptors (Lipinski definition) is 4. The first kappa shape index (κ1) is 17.3. The number of aryl methyl sites for hydroxylation is 1. The Balaban J connectivity index is 1.65. The second kappa shape index (κ2) is 8.02. The molecule has 5 nitrogen and oxygen atoms in total. The summed E-state index contributed by atoms with van der Waals surface area (Å²) in [7, 11) is 0. The highest BCUT2D eigenvalue weighted by Gasteiger charge is 2.05. The summed E-state index contributed by atoms with van der Waals surface area (Å²) in [6.07, 6.45) is 6.10. The molecule has 3 rings (SSSR count). The van der Waals surface area contributed by atoms with E-state index < -0.39 is 0 Å². The van der Waals surface area contributed by atoms with Gasteiger partial charge >= 0.3 is 6.01 Å². The molecule has 0 spiro atoms. The molecule has 0 aliphatic heterocycles. The van der Waals surface area contributed by atoms with Gasteiger partial charge in [0.25, 0.3) is 0 Å². The topological polar surface area (TPSA) is 64.1 Å². The Morgan fingerprint density at radius 3 is 2.65 bits per heavy atom. The lowest BCUT2D eigenvalue weighted by Gasteiger charge is -2.09. The van der Waals surface area contributed by atoms with Crippen molar-refractivity contribution in [3.05, 3.63) is 83.9 Å². The van der Waals surface area contributed by atoms with Gasteiger partial charge in [-0.3, -0.25) is 4.79 Å². The molecular weight excluding hydrogens is 333 g/mol. The van der Waals surface area contributed by atoms with Crippen LogP contribution in [0.25, 0.3) is 6.08 Å². The number of ether oxygens (including phenoxy) is 1. The molecule has 0 aliphatic carbocycles. The van der Waals surface area contributed by atoms with E-state index in [1.54, 1.807) is 54.9 Å². The fraction of sp³-hybridized carbons (Fsp3) is 0.0500. The summed E-state index contributed by atoms with van der Waals surface area (Å²) in [6.45, 7) is 1.85. The third-order valence-corrected chi connectivity index (χ3v) is 3.48. The molecule has 1 heterocycles. The lowest BCUT2D eigenvalue weighted by Crippen LogP contribution is -2.09. The molecule has 6 heteroatoms. The van der Waals surface area contributed by atoms with Gasteiger partial charge in [0.05, 0.1) is 0 Å². The van der Waals surface area contributed by atoms with Gasteiger partial charge < -0.3 is 10.1 Å². The maximum Gasteiger partial charge on any atom is 0.321 e. The van der Waals surface area contributed by atoms with Gasteiger partial charge in [-0.1, -0.05) is 12.1 Å². The zero-order valence-electron chi connectivity index (χ0n) is 14.0. The van der Waals surface area contributed by atoms with E-state index >= 15 is 0 Å². The van der Waals surface area contributed by atoms with Gasteiger partial charge in [0.15, 0.2) is 0 Å². The van der Waals surface area contributed by atoms with Crippen molar-refractivity contribution in [2.45, 2.75) is 6.92 Å². The highest BCUT2D eigenvalue weighted by molar-refractivity contribution is 6.02. The minimum absolute atomic E-state index is 0.252. The number of halogens is 1. The Kier molecular flexibility index (Phi) is 5.34. The first-order valence-corrected chi connectivity index (χ1v) is 7.90. The number of nitrogens with one attached hydrogen (secondary N) is 1. The molecular formula is C20H16FN3O2. The van der Waals surface area contributed by atoms with Crippen molar-refractivity contribution in [1.29, 1.82) is 0 Å². The first-order valence-electron chi connectivity index (χ1n) is 7.90. The van der Waals surface area contributed by atoms with Crippen LogP contribution in [0.2, 0.25) is 0 Å². The lowest BCUT2D eigenvalue weighted by molar-refractivity contribution is -0.111. The van der Waals surface area contributed by atoms with Crippen molar-refractivity contribution < 1.29 is 13.9 Å². The van der Waals surface area contributed by atoms with Gasteiger partial charge in [-0.05, 0) is 60.5 Å². The van der Waals surface area contributed by atoms with Crippen LogP contribution in [0.1, 0.15) is 11.1 Å². The molecule has 1 N–H and O–H groups in total. The van der Waals surface area contributed by atoms with Gasteiger partial charge in [0.1, 0.15) is 11.6 Å². The lowest BCUT2D eigenvalue weighted by atomic mass is 10.2. The summed E-state index contributed by atoms with van der Waals surface area (Å²) < 4.78 is 18.7. The standard InChI is InChI=1S/C20H16FN3O2/c1-14-12-17(26-20-22-10-3-11-23-20)7-8-18(14)24-19(25)9-6-15-4-2-5-16(21)13-15/h2-13H,1H3,(H,24,25). The molecule has 0 atom stereocenters. The number of nitrogens with zero attached hydrogens (tertiary/aromatic N) is 2. The molecule has 0 fully saturated rings. The molecule has 2 aromatic carbocycles. The number of carbonyl (C=O) groups is 1. The fourth-order valence-corrected chi connectivity index (χ4v) is 2.24. The van der Waals surface area contributed by atoms with E-state index in [2.05, 4.69) is 15.3 Å². The molecule has 130 valence electrons. The highest BCUT2D eigenvalue weighted by atomic mass is 19.1. The zero-order chi connectivity index (χ0) is 18.4. The van der Waals surface area contributed by atoms with Crippen molar-refractivity contribution in [3.8, 4) is 11.8 Å². The van der Waals surface area contributed by atoms with E-state index in [1.165, 1.54) is 18.2 Å². The van der Waals surface area contributed by atoms with Crippen LogP contribution in [0, 0.1) is 12.7 Å². The molecule has 26 heavy (non-hydrogen) atoms. The van der Waals surface area contributed by atoms with Crippen molar-refractivity contribution in [1.82, 2.24) is 9.97 Å². The number of rotatable bonds is 5. The second-order valence-electron chi connectivity index (χ2n) is 5.49. The Hall–Kier alpha value is -3.54. The summed E-state index contributed by atoms with van der Waals surface area (Å²) in [5.41, 5.74) is 2.09. The molecule has 3 aromatic rings. The fourth-order valence-electron chi connectivity index (χ4n) is 2.24. The van der Waals surface area contributed by atoms with Gasteiger partial charge in [-0.25, -0.2) is 14.4 Å². The summed E-state index contributed by atoms with van der Waals surface area (Å²) in [5, 5.41) is 2.78. The molecule has 0 saturated carbocycles. The zero-order valence-corrected chi connectivity index (χ0v) is 14.0. The van der Waals surface area contributed by atoms with Crippen LogP contribution in [-0.2, 0) is 4.79 Å². The number of amides is 1. The minimum Gasteiger partial charge on any atom is -0.424 e. The van der Waals surface area contributed by atoms with Crippen LogP contribution in [0.15, 0.2) is 67.0 Å². The third-order valence-electron chi connectivity index (χ3n) is 3.48. The minimum atomic E-state index is -0.346. The average Bonchev–Trinajstić information content (AvgIpc) is 2.63. The van der Waals surface area contributed by atoms with Crippen molar-refractivity contribution >= 4 is 17.7 Å². The van der Waals surface area contributed by atoms with E-state index in [-0.39, 0.29) is 17.7 Å². The van der Waals surface area contributed by atoms with Crippen LogP contribution in [0.3, 0.4) is 0 Å². The second-order valence-corrected chi connectivity index (χ2v) is 5.49. The maximum atomic E-state index is 13.1. The quantitative estimate of drug-likeness (QED) is 0.695. The third kappa shape index (κ3) is 4.73. The number of hydrogen-bond donors (Lipinski definition) is 1. The molecule has 0 unspecified atom stereocenters. The van der Waals surface area contributed by atoms with Crippen LogP contribution in [-0.4, -0.2) is 15.9 Å². The average molecular weight is 349 g/mol. The van der Waals surface area contributed by atoms with Crippen molar-refractivity contribution in [2.75, 3.05) is 5.32 Å². The van der Waals surface area contributed by atoms with Crippen LogP contribution in [0.5, 0.6) is 11.8 Å². The monoisotopic (exact) mass is 349 g/mol. The Labute approximate surface area is 150 Å². The summed E-state index contributed by atoms with van der Waals surface area (Å²) in [4.78, 5) is 20.0. The summed E-state index contributed by atoms with van der Waals surface area (Å²) in [5.74, 6) is -0.0826. The molecule has 1 aromatic heterocycles. The van der Waals surface area contributed by atoms with Crippen LogP contribution >= 0.6 is 0 Å². The molecule has 0 bridgehead atoms. The van der Waals surface area contributed by atoms with Gasteiger partial charge in [-0.15, -0.1) is 0 Å². The van der Waals surface area contributed by atoms with Crippen LogP contribution in [0.4, 0.5) is 10.1 Å². The number of anilines is 1. The van der Waals surface area contributed by atoms with Gasteiger partial charge in [0.2, 0.25) is 5.91 Å². The maximum absolute atomic E-state index is 13.1. The first-order chi connectivity index (χ1) is 12.6. The van der Waals surface area contributed by atoms with Crippen LogP contribution < -0.4 is 10.1 Å². The number of aromatic nitrogens is 2. The van der Waals surface area contributed by atoms with E-state index in [1.807, 2.05) is 6.92 Å². The van der Waals surface area contributed by atoms with E-state index in [4.69, 9.17) is 4.74 Å². The normalized spacial score (nSPS) is 10.7. The van der Waals surface area contributed by atoms with Gasteiger partial charge in [-0.2, -0.15) is 0 Å². The molecule has 0 aliphatic rings. The Morgan fingerprint density at radius 2 is 1.92 bits per heavy atom. The predicted octanol–water partition coefficient (Wildman–Crippen LogP) is 4.37. The Bertz CT molecular complexity index is 943. The summed E-state index contributed by atoms with van der Waals surface area (Å²) >= 11 is 0. The Morgan fingerprint density at radius 1 is 1.12 bits per heavy atom. The molecule has 0 saturated heterocycles. The van der Waals surface area contributed by atoms with E-state index in [0.717, 1.165) is 5.56 Å². The van der Waals surface area contributed by atoms with Crippen molar-refractivity contribution in [2.24, 2.45) is 0 Å². The molecule has 1 amide bonds. The summed E-state index contributed by atoms with van der Waals surface area (Å²) in [6, 6.07) is 13.2. The van der Waals surface area contributed by atoms with Crippen molar-refractivity contribution in [3.63, 3.8) is 0 Å². The smallest absolute Gasteiger partial charge is 0.321 e. The molecule has 0 radical (unpaired) electrons. The highest BCUT2D eigenvalue weighted by Crippen LogP contribution is 2.24. The number of carbonyl (C=O) groups excluding carboxylic acids is 1.